The van der Waals surface area contributed by atoms with E-state index in [1.165, 1.54) is 4.90 Å². The summed E-state index contributed by atoms with van der Waals surface area (Å²) in [6.07, 6.45) is 0. The van der Waals surface area contributed by atoms with Gasteiger partial charge in [-0.25, -0.2) is 8.42 Å². The summed E-state index contributed by atoms with van der Waals surface area (Å²) in [4.78, 5) is 15.4. The normalized spacial score (nSPS) is 27.8. The van der Waals surface area contributed by atoms with Crippen LogP contribution in [-0.4, -0.2) is 72.5 Å². The molecule has 3 heterocycles. The van der Waals surface area contributed by atoms with Crippen LogP contribution in [-0.2, 0) is 21.2 Å². The standard InChI is InChI=1S/C14H20N2O5S/c1-10-2-3-11(21-10)6-15-4-5-16(14(18)7-17)13-9-22(19,20)8-12(13)15/h2-3,12-13,17H,4-9H2,1H3/t12-,13+/m1/s1. The van der Waals surface area contributed by atoms with Gasteiger partial charge in [0.25, 0.3) is 0 Å². The van der Waals surface area contributed by atoms with Crippen LogP contribution in [0.5, 0.6) is 0 Å². The fourth-order valence-corrected chi connectivity index (χ4v) is 5.40. The number of nitrogens with zero attached hydrogens (tertiary/aromatic N) is 2. The molecule has 122 valence electrons. The number of carbonyl (C=O) groups excluding carboxylic acids is 1. The quantitative estimate of drug-likeness (QED) is 0.796. The summed E-state index contributed by atoms with van der Waals surface area (Å²) >= 11 is 0. The minimum absolute atomic E-state index is 0.0307. The molecule has 2 aliphatic rings. The molecule has 0 bridgehead atoms. The third kappa shape index (κ3) is 2.90. The Kier molecular flexibility index (Phi) is 4.00. The molecule has 0 aliphatic carbocycles. The van der Waals surface area contributed by atoms with Crippen molar-refractivity contribution in [2.24, 2.45) is 0 Å². The maximum Gasteiger partial charge on any atom is 0.248 e. The number of carbonyl (C=O) groups is 1. The van der Waals surface area contributed by atoms with Gasteiger partial charge in [0.1, 0.15) is 18.1 Å². The van der Waals surface area contributed by atoms with Gasteiger partial charge in [-0.3, -0.25) is 9.69 Å². The number of fused-ring (bicyclic) bond motifs is 1. The Balaban J connectivity index is 1.81. The number of amides is 1. The maximum atomic E-state index is 12.0. The molecule has 8 heteroatoms. The van der Waals surface area contributed by atoms with Crippen LogP contribution in [0.15, 0.2) is 16.5 Å². The van der Waals surface area contributed by atoms with Crippen molar-refractivity contribution in [1.29, 1.82) is 0 Å². The summed E-state index contributed by atoms with van der Waals surface area (Å²) in [7, 11) is -3.17. The van der Waals surface area contributed by atoms with Crippen molar-refractivity contribution in [1.82, 2.24) is 9.80 Å². The van der Waals surface area contributed by atoms with Crippen molar-refractivity contribution >= 4 is 15.7 Å². The zero-order valence-electron chi connectivity index (χ0n) is 12.4. The van der Waals surface area contributed by atoms with Gasteiger partial charge in [0.05, 0.1) is 24.1 Å². The number of furan rings is 1. The van der Waals surface area contributed by atoms with Crippen molar-refractivity contribution in [3.63, 3.8) is 0 Å². The van der Waals surface area contributed by atoms with Gasteiger partial charge in [-0.15, -0.1) is 0 Å². The Morgan fingerprint density at radius 1 is 1.32 bits per heavy atom. The topological polar surface area (TPSA) is 91.1 Å². The number of hydrogen-bond acceptors (Lipinski definition) is 6. The molecule has 1 aromatic rings. The molecule has 0 unspecified atom stereocenters. The number of rotatable bonds is 3. The van der Waals surface area contributed by atoms with Gasteiger partial charge >= 0.3 is 0 Å². The van der Waals surface area contributed by atoms with Crippen LogP contribution in [0.4, 0.5) is 0 Å². The molecule has 1 amide bonds. The molecule has 3 rings (SSSR count). The zero-order chi connectivity index (χ0) is 15.9. The van der Waals surface area contributed by atoms with Crippen LogP contribution in [0.2, 0.25) is 0 Å². The van der Waals surface area contributed by atoms with Crippen molar-refractivity contribution in [3.05, 3.63) is 23.7 Å². The van der Waals surface area contributed by atoms with Crippen LogP contribution in [0.1, 0.15) is 11.5 Å². The molecule has 0 radical (unpaired) electrons. The van der Waals surface area contributed by atoms with Crippen LogP contribution < -0.4 is 0 Å². The highest BCUT2D eigenvalue weighted by molar-refractivity contribution is 7.91. The minimum Gasteiger partial charge on any atom is -0.465 e. The number of sulfone groups is 1. The monoisotopic (exact) mass is 328 g/mol. The number of piperazine rings is 1. The summed E-state index contributed by atoms with van der Waals surface area (Å²) in [5.74, 6) is 1.23. The highest BCUT2D eigenvalue weighted by atomic mass is 32.2. The number of aliphatic hydroxyl groups is 1. The van der Waals surface area contributed by atoms with E-state index in [0.717, 1.165) is 11.5 Å². The molecule has 2 fully saturated rings. The molecule has 0 saturated carbocycles. The molecule has 2 saturated heterocycles. The molecular weight excluding hydrogens is 308 g/mol. The summed E-state index contributed by atoms with van der Waals surface area (Å²) in [5, 5.41) is 9.07. The lowest BCUT2D eigenvalue weighted by molar-refractivity contribution is -0.140. The summed E-state index contributed by atoms with van der Waals surface area (Å²) in [5.41, 5.74) is 0. The summed E-state index contributed by atoms with van der Waals surface area (Å²) in [6, 6.07) is 3.15. The van der Waals surface area contributed by atoms with Crippen LogP contribution in [0.3, 0.4) is 0 Å². The van der Waals surface area contributed by atoms with E-state index in [-0.39, 0.29) is 23.6 Å². The van der Waals surface area contributed by atoms with Gasteiger partial charge in [-0.2, -0.15) is 0 Å². The van der Waals surface area contributed by atoms with Gasteiger partial charge in [0.15, 0.2) is 9.84 Å². The zero-order valence-corrected chi connectivity index (χ0v) is 13.3. The molecule has 1 aromatic heterocycles. The highest BCUT2D eigenvalue weighted by Gasteiger charge is 2.47. The highest BCUT2D eigenvalue weighted by Crippen LogP contribution is 2.28. The first-order valence-corrected chi connectivity index (χ1v) is 9.12. The van der Waals surface area contributed by atoms with Crippen LogP contribution in [0.25, 0.3) is 0 Å². The smallest absolute Gasteiger partial charge is 0.248 e. The number of hydrogen-bond donors (Lipinski definition) is 1. The Labute approximate surface area is 129 Å². The minimum atomic E-state index is -3.17. The molecular formula is C14H20N2O5S. The van der Waals surface area contributed by atoms with Crippen LogP contribution >= 0.6 is 0 Å². The fraction of sp³-hybridized carbons (Fsp3) is 0.643. The van der Waals surface area contributed by atoms with Crippen molar-refractivity contribution < 1.29 is 22.7 Å². The number of aliphatic hydroxyl groups excluding tert-OH is 1. The third-order valence-electron chi connectivity index (χ3n) is 4.40. The van der Waals surface area contributed by atoms with E-state index in [1.807, 2.05) is 19.1 Å². The van der Waals surface area contributed by atoms with Gasteiger partial charge in [-0.05, 0) is 19.1 Å². The predicted molar refractivity (Wildman–Crippen MR) is 78.9 cm³/mol. The van der Waals surface area contributed by atoms with Crippen molar-refractivity contribution in [2.45, 2.75) is 25.6 Å². The van der Waals surface area contributed by atoms with E-state index < -0.39 is 22.4 Å². The average molecular weight is 328 g/mol. The largest absolute Gasteiger partial charge is 0.465 e. The average Bonchev–Trinajstić information content (AvgIpc) is 3.00. The van der Waals surface area contributed by atoms with E-state index in [0.29, 0.717) is 19.6 Å². The molecule has 0 aromatic carbocycles. The van der Waals surface area contributed by atoms with Gasteiger partial charge in [0.2, 0.25) is 5.91 Å². The Bertz CT molecular complexity index is 669. The van der Waals surface area contributed by atoms with E-state index in [1.54, 1.807) is 0 Å². The second-order valence-corrected chi connectivity index (χ2v) is 8.09. The van der Waals surface area contributed by atoms with E-state index >= 15 is 0 Å². The molecule has 2 aliphatic heterocycles. The maximum absolute atomic E-state index is 12.0. The second kappa shape index (κ2) is 5.68. The first-order chi connectivity index (χ1) is 10.4. The molecule has 0 spiro atoms. The van der Waals surface area contributed by atoms with E-state index in [2.05, 4.69) is 4.90 Å². The second-order valence-electron chi connectivity index (χ2n) is 5.94. The summed E-state index contributed by atoms with van der Waals surface area (Å²) in [6.45, 7) is 2.81. The molecule has 22 heavy (non-hydrogen) atoms. The molecule has 2 atom stereocenters. The first-order valence-electron chi connectivity index (χ1n) is 7.30. The van der Waals surface area contributed by atoms with E-state index in [4.69, 9.17) is 9.52 Å². The lowest BCUT2D eigenvalue weighted by Gasteiger charge is -2.43. The fourth-order valence-electron chi connectivity index (χ4n) is 3.39. The van der Waals surface area contributed by atoms with Gasteiger partial charge in [0, 0.05) is 19.1 Å². The van der Waals surface area contributed by atoms with Crippen molar-refractivity contribution in [2.75, 3.05) is 31.2 Å². The Morgan fingerprint density at radius 3 is 2.68 bits per heavy atom. The molecule has 1 N–H and O–H groups in total. The SMILES string of the molecule is Cc1ccc(CN2CCN(C(=O)CO)[C@H]3CS(=O)(=O)C[C@H]32)o1. The van der Waals surface area contributed by atoms with E-state index in [9.17, 15) is 13.2 Å². The Hall–Kier alpha value is -1.38. The third-order valence-corrected chi connectivity index (χ3v) is 6.10. The lowest BCUT2D eigenvalue weighted by atomic mass is 10.0. The summed E-state index contributed by atoms with van der Waals surface area (Å²) < 4.78 is 29.6. The predicted octanol–water partition coefficient (Wildman–Crippen LogP) is -0.610. The van der Waals surface area contributed by atoms with Crippen molar-refractivity contribution in [3.8, 4) is 0 Å². The number of aryl methyl sites for hydroxylation is 1. The van der Waals surface area contributed by atoms with Gasteiger partial charge < -0.3 is 14.4 Å². The van der Waals surface area contributed by atoms with Crippen LogP contribution in [0, 0.1) is 6.92 Å². The Morgan fingerprint density at radius 2 is 2.05 bits per heavy atom. The first kappa shape index (κ1) is 15.5. The molecule has 7 nitrogen and oxygen atoms in total. The lowest BCUT2D eigenvalue weighted by Crippen LogP contribution is -2.60. The van der Waals surface area contributed by atoms with Gasteiger partial charge in [-0.1, -0.05) is 0 Å².